The fourth-order valence-electron chi connectivity index (χ4n) is 4.70. The summed E-state index contributed by atoms with van der Waals surface area (Å²) >= 11 is 0. The van der Waals surface area contributed by atoms with Crippen molar-refractivity contribution in [2.75, 3.05) is 20.8 Å². The van der Waals surface area contributed by atoms with Crippen molar-refractivity contribution in [1.29, 1.82) is 0 Å². The van der Waals surface area contributed by atoms with Crippen molar-refractivity contribution in [3.05, 3.63) is 40.2 Å². The summed E-state index contributed by atoms with van der Waals surface area (Å²) in [5.74, 6) is 2.15. The Morgan fingerprint density at radius 2 is 1.93 bits per heavy atom. The molecule has 1 aromatic carbocycles. The molecule has 162 valence electrons. The Labute approximate surface area is 175 Å². The predicted molar refractivity (Wildman–Crippen MR) is 110 cm³/mol. The number of fused-ring (bicyclic) bond motifs is 2. The highest BCUT2D eigenvalue weighted by atomic mass is 16.5. The fraction of sp³-hybridized carbons (Fsp3) is 0.522. The SMILES string of the molecule is COc1ccc(-c2cc3c(c(=O)o2)C(O)C2CC[C@H](C(C)CO)CC2O3)cc1OC. The zero-order chi connectivity index (χ0) is 21.4. The molecule has 0 amide bonds. The maximum Gasteiger partial charge on any atom is 0.345 e. The van der Waals surface area contributed by atoms with Gasteiger partial charge in [-0.1, -0.05) is 6.92 Å². The minimum absolute atomic E-state index is 0.133. The average Bonchev–Trinajstić information content (AvgIpc) is 2.77. The van der Waals surface area contributed by atoms with Crippen molar-refractivity contribution < 1.29 is 28.8 Å². The molecule has 2 heterocycles. The molecule has 0 bridgehead atoms. The average molecular weight is 416 g/mol. The monoisotopic (exact) mass is 416 g/mol. The summed E-state index contributed by atoms with van der Waals surface area (Å²) in [6.07, 6.45) is 1.28. The highest BCUT2D eigenvalue weighted by molar-refractivity contribution is 5.64. The number of aliphatic hydroxyl groups excluding tert-OH is 2. The third-order valence-electron chi connectivity index (χ3n) is 6.57. The molecular formula is C23H28O7. The maximum atomic E-state index is 12.7. The van der Waals surface area contributed by atoms with E-state index in [4.69, 9.17) is 18.6 Å². The van der Waals surface area contributed by atoms with E-state index in [2.05, 4.69) is 0 Å². The van der Waals surface area contributed by atoms with E-state index in [1.807, 2.05) is 6.92 Å². The first-order valence-corrected chi connectivity index (χ1v) is 10.3. The van der Waals surface area contributed by atoms with E-state index in [0.29, 0.717) is 34.5 Å². The van der Waals surface area contributed by atoms with E-state index in [1.165, 1.54) is 7.11 Å². The van der Waals surface area contributed by atoms with Gasteiger partial charge in [0.1, 0.15) is 23.2 Å². The van der Waals surface area contributed by atoms with E-state index in [-0.39, 0.29) is 30.1 Å². The number of rotatable bonds is 5. The van der Waals surface area contributed by atoms with E-state index in [0.717, 1.165) is 19.3 Å². The van der Waals surface area contributed by atoms with Crippen LogP contribution in [0.15, 0.2) is 33.5 Å². The van der Waals surface area contributed by atoms with Crippen molar-refractivity contribution in [3.63, 3.8) is 0 Å². The second kappa shape index (κ2) is 8.32. The van der Waals surface area contributed by atoms with Crippen LogP contribution in [0.3, 0.4) is 0 Å². The molecule has 7 heteroatoms. The molecule has 1 aliphatic heterocycles. The van der Waals surface area contributed by atoms with E-state index < -0.39 is 11.7 Å². The number of hydrogen-bond acceptors (Lipinski definition) is 7. The van der Waals surface area contributed by atoms with Crippen LogP contribution in [-0.4, -0.2) is 37.1 Å². The molecule has 7 nitrogen and oxygen atoms in total. The Morgan fingerprint density at radius 1 is 1.17 bits per heavy atom. The second-order valence-electron chi connectivity index (χ2n) is 8.24. The van der Waals surface area contributed by atoms with Crippen molar-refractivity contribution in [2.45, 2.75) is 38.4 Å². The van der Waals surface area contributed by atoms with Gasteiger partial charge in [0.05, 0.1) is 20.3 Å². The van der Waals surface area contributed by atoms with Crippen LogP contribution in [0.1, 0.15) is 37.9 Å². The van der Waals surface area contributed by atoms with Crippen LogP contribution in [0.2, 0.25) is 0 Å². The van der Waals surface area contributed by atoms with Gasteiger partial charge in [0.25, 0.3) is 0 Å². The normalized spacial score (nSPS) is 26.2. The fourth-order valence-corrected chi connectivity index (χ4v) is 4.70. The molecule has 4 unspecified atom stereocenters. The Hall–Kier alpha value is -2.51. The summed E-state index contributed by atoms with van der Waals surface area (Å²) in [5, 5.41) is 20.4. The van der Waals surface area contributed by atoms with Gasteiger partial charge in [-0.2, -0.15) is 0 Å². The van der Waals surface area contributed by atoms with Crippen LogP contribution in [0.4, 0.5) is 0 Å². The number of methoxy groups -OCH3 is 2. The molecule has 2 N–H and O–H groups in total. The summed E-state index contributed by atoms with van der Waals surface area (Å²) in [6.45, 7) is 2.16. The third kappa shape index (κ3) is 3.56. The first-order valence-electron chi connectivity index (χ1n) is 10.3. The van der Waals surface area contributed by atoms with Gasteiger partial charge >= 0.3 is 5.63 Å². The Bertz CT molecular complexity index is 967. The lowest BCUT2D eigenvalue weighted by Gasteiger charge is -2.43. The van der Waals surface area contributed by atoms with E-state index >= 15 is 0 Å². The van der Waals surface area contributed by atoms with Gasteiger partial charge in [-0.15, -0.1) is 0 Å². The lowest BCUT2D eigenvalue weighted by Crippen LogP contribution is -2.44. The quantitative estimate of drug-likeness (QED) is 0.772. The minimum atomic E-state index is -0.917. The lowest BCUT2D eigenvalue weighted by atomic mass is 9.71. The van der Waals surface area contributed by atoms with E-state index in [9.17, 15) is 15.0 Å². The summed E-state index contributed by atoms with van der Waals surface area (Å²) < 4.78 is 22.4. The van der Waals surface area contributed by atoms with Gasteiger partial charge in [-0.25, -0.2) is 4.79 Å². The van der Waals surface area contributed by atoms with Crippen molar-refractivity contribution in [2.24, 2.45) is 17.8 Å². The first kappa shape index (κ1) is 20.8. The van der Waals surface area contributed by atoms with Crippen LogP contribution in [0.25, 0.3) is 11.3 Å². The molecule has 2 aliphatic rings. The summed E-state index contributed by atoms with van der Waals surface area (Å²) in [5.41, 5.74) is 0.242. The molecule has 1 fully saturated rings. The van der Waals surface area contributed by atoms with Crippen LogP contribution >= 0.6 is 0 Å². The summed E-state index contributed by atoms with van der Waals surface area (Å²) in [7, 11) is 3.09. The highest BCUT2D eigenvalue weighted by Gasteiger charge is 2.44. The smallest absolute Gasteiger partial charge is 0.345 e. The maximum absolute atomic E-state index is 12.7. The number of benzene rings is 1. The van der Waals surface area contributed by atoms with Crippen molar-refractivity contribution in [1.82, 2.24) is 0 Å². The Kier molecular flexibility index (Phi) is 5.75. The molecular weight excluding hydrogens is 388 g/mol. The molecule has 1 aromatic heterocycles. The number of ether oxygens (including phenoxy) is 3. The lowest BCUT2D eigenvalue weighted by molar-refractivity contribution is -0.0478. The largest absolute Gasteiger partial charge is 0.493 e. The number of hydrogen-bond donors (Lipinski definition) is 2. The molecule has 5 atom stereocenters. The zero-order valence-corrected chi connectivity index (χ0v) is 17.5. The van der Waals surface area contributed by atoms with Crippen LogP contribution in [0, 0.1) is 17.8 Å². The molecule has 0 spiro atoms. The van der Waals surface area contributed by atoms with E-state index in [1.54, 1.807) is 31.4 Å². The molecule has 0 saturated heterocycles. The van der Waals surface area contributed by atoms with Crippen molar-refractivity contribution >= 4 is 0 Å². The topological polar surface area (TPSA) is 98.4 Å². The van der Waals surface area contributed by atoms with Gasteiger partial charge in [0, 0.05) is 24.2 Å². The summed E-state index contributed by atoms with van der Waals surface area (Å²) in [4.78, 5) is 12.7. The molecule has 1 aliphatic carbocycles. The Morgan fingerprint density at radius 3 is 2.63 bits per heavy atom. The summed E-state index contributed by atoms with van der Waals surface area (Å²) in [6, 6.07) is 6.90. The standard InChI is InChI=1S/C23H28O7/c1-12(11-24)13-4-6-15-18(8-13)29-20-10-17(30-23(26)21(20)22(15)25)14-5-7-16(27-2)19(9-14)28-3/h5,7,9-10,12-13,15,18,22,24-25H,4,6,8,11H2,1-3H3/t12?,13-,15?,18?,22?/m0/s1. The number of aliphatic hydroxyl groups is 2. The molecule has 0 radical (unpaired) electrons. The van der Waals surface area contributed by atoms with Crippen molar-refractivity contribution in [3.8, 4) is 28.6 Å². The van der Waals surface area contributed by atoms with Gasteiger partial charge < -0.3 is 28.8 Å². The van der Waals surface area contributed by atoms with Crippen LogP contribution < -0.4 is 19.8 Å². The molecule has 2 aromatic rings. The van der Waals surface area contributed by atoms with Crippen LogP contribution in [0.5, 0.6) is 17.2 Å². The predicted octanol–water partition coefficient (Wildman–Crippen LogP) is 3.16. The second-order valence-corrected chi connectivity index (χ2v) is 8.24. The van der Waals surface area contributed by atoms with Gasteiger partial charge in [-0.05, 0) is 49.3 Å². The molecule has 30 heavy (non-hydrogen) atoms. The van der Waals surface area contributed by atoms with Crippen LogP contribution in [-0.2, 0) is 0 Å². The van der Waals surface area contributed by atoms with Gasteiger partial charge in [0.15, 0.2) is 11.5 Å². The first-order chi connectivity index (χ1) is 14.5. The molecule has 4 rings (SSSR count). The zero-order valence-electron chi connectivity index (χ0n) is 17.5. The highest BCUT2D eigenvalue weighted by Crippen LogP contribution is 2.47. The Balaban J connectivity index is 1.69. The molecule has 1 saturated carbocycles. The third-order valence-corrected chi connectivity index (χ3v) is 6.57. The van der Waals surface area contributed by atoms with Gasteiger partial charge in [0.2, 0.25) is 0 Å². The van der Waals surface area contributed by atoms with Gasteiger partial charge in [-0.3, -0.25) is 0 Å². The minimum Gasteiger partial charge on any atom is -0.493 e.